The summed E-state index contributed by atoms with van der Waals surface area (Å²) in [5, 5.41) is 3.22. The van der Waals surface area contributed by atoms with Crippen molar-refractivity contribution < 1.29 is 4.42 Å². The molecule has 0 aliphatic heterocycles. The molecule has 0 saturated carbocycles. The fraction of sp³-hybridized carbons (Fsp3) is 0.500. The Morgan fingerprint density at radius 2 is 2.05 bits per heavy atom. The SMILES string of the molecule is CC(C)c1nc(NCCc2ccco2)nc(N(C)C)n1. The van der Waals surface area contributed by atoms with Gasteiger partial charge in [0, 0.05) is 33.0 Å². The molecule has 0 fully saturated rings. The molecule has 1 N–H and O–H groups in total. The van der Waals surface area contributed by atoms with Crippen LogP contribution in [-0.2, 0) is 6.42 Å². The largest absolute Gasteiger partial charge is 0.469 e. The van der Waals surface area contributed by atoms with Crippen LogP contribution in [0.15, 0.2) is 22.8 Å². The van der Waals surface area contributed by atoms with Gasteiger partial charge in [-0.25, -0.2) is 0 Å². The van der Waals surface area contributed by atoms with Crippen molar-refractivity contribution in [1.82, 2.24) is 15.0 Å². The third kappa shape index (κ3) is 3.69. The van der Waals surface area contributed by atoms with Crippen LogP contribution < -0.4 is 10.2 Å². The van der Waals surface area contributed by atoms with Gasteiger partial charge >= 0.3 is 0 Å². The summed E-state index contributed by atoms with van der Waals surface area (Å²) in [7, 11) is 3.85. The highest BCUT2D eigenvalue weighted by Gasteiger charge is 2.10. The summed E-state index contributed by atoms with van der Waals surface area (Å²) >= 11 is 0. The van der Waals surface area contributed by atoms with Gasteiger partial charge in [-0.05, 0) is 12.1 Å². The molecule has 6 heteroatoms. The van der Waals surface area contributed by atoms with Crippen molar-refractivity contribution in [1.29, 1.82) is 0 Å². The molecule has 0 aromatic carbocycles. The maximum Gasteiger partial charge on any atom is 0.229 e. The monoisotopic (exact) mass is 275 g/mol. The van der Waals surface area contributed by atoms with Gasteiger partial charge in [-0.15, -0.1) is 0 Å². The Labute approximate surface area is 119 Å². The minimum atomic E-state index is 0.266. The summed E-state index contributed by atoms with van der Waals surface area (Å²) < 4.78 is 5.29. The predicted molar refractivity (Wildman–Crippen MR) is 79.1 cm³/mol. The molecule has 0 radical (unpaired) electrons. The predicted octanol–water partition coefficient (Wildman–Crippen LogP) is 2.31. The lowest BCUT2D eigenvalue weighted by Crippen LogP contribution is -2.18. The summed E-state index contributed by atoms with van der Waals surface area (Å²) in [6.07, 6.45) is 2.48. The van der Waals surface area contributed by atoms with Crippen molar-refractivity contribution in [2.24, 2.45) is 0 Å². The highest BCUT2D eigenvalue weighted by Crippen LogP contribution is 2.15. The summed E-state index contributed by atoms with van der Waals surface area (Å²) in [5.74, 6) is 3.29. The van der Waals surface area contributed by atoms with E-state index in [2.05, 4.69) is 34.1 Å². The summed E-state index contributed by atoms with van der Waals surface area (Å²) in [6, 6.07) is 3.85. The molecule has 0 unspecified atom stereocenters. The van der Waals surface area contributed by atoms with E-state index in [0.29, 0.717) is 11.9 Å². The third-order valence-corrected chi connectivity index (χ3v) is 2.79. The van der Waals surface area contributed by atoms with E-state index in [4.69, 9.17) is 4.42 Å². The lowest BCUT2D eigenvalue weighted by atomic mass is 10.2. The summed E-state index contributed by atoms with van der Waals surface area (Å²) in [6.45, 7) is 4.87. The van der Waals surface area contributed by atoms with E-state index in [-0.39, 0.29) is 5.92 Å². The first-order valence-corrected chi connectivity index (χ1v) is 6.76. The number of hydrogen-bond acceptors (Lipinski definition) is 6. The number of nitrogens with one attached hydrogen (secondary N) is 1. The smallest absolute Gasteiger partial charge is 0.229 e. The van der Waals surface area contributed by atoms with Crippen molar-refractivity contribution in [2.75, 3.05) is 30.9 Å². The van der Waals surface area contributed by atoms with Crippen LogP contribution in [0.4, 0.5) is 11.9 Å². The van der Waals surface area contributed by atoms with E-state index in [0.717, 1.165) is 24.6 Å². The average molecular weight is 275 g/mol. The highest BCUT2D eigenvalue weighted by molar-refractivity contribution is 5.36. The van der Waals surface area contributed by atoms with Crippen molar-refractivity contribution in [3.8, 4) is 0 Å². The van der Waals surface area contributed by atoms with Crippen LogP contribution in [0, 0.1) is 0 Å². The van der Waals surface area contributed by atoms with Crippen molar-refractivity contribution in [3.05, 3.63) is 30.0 Å². The van der Waals surface area contributed by atoms with Gasteiger partial charge in [0.05, 0.1) is 6.26 Å². The van der Waals surface area contributed by atoms with Crippen molar-refractivity contribution in [3.63, 3.8) is 0 Å². The van der Waals surface area contributed by atoms with Crippen LogP contribution in [0.2, 0.25) is 0 Å². The van der Waals surface area contributed by atoms with Crippen LogP contribution in [0.5, 0.6) is 0 Å². The van der Waals surface area contributed by atoms with E-state index in [1.165, 1.54) is 0 Å². The zero-order valence-electron chi connectivity index (χ0n) is 12.4. The molecule has 108 valence electrons. The molecule has 6 nitrogen and oxygen atoms in total. The maximum absolute atomic E-state index is 5.29. The molecule has 2 aromatic heterocycles. The Hall–Kier alpha value is -2.11. The number of aromatic nitrogens is 3. The summed E-state index contributed by atoms with van der Waals surface area (Å²) in [5.41, 5.74) is 0. The molecule has 0 bridgehead atoms. The zero-order chi connectivity index (χ0) is 14.5. The molecule has 2 heterocycles. The fourth-order valence-corrected chi connectivity index (χ4v) is 1.67. The maximum atomic E-state index is 5.29. The Kier molecular flexibility index (Phi) is 4.55. The first-order valence-electron chi connectivity index (χ1n) is 6.76. The fourth-order valence-electron chi connectivity index (χ4n) is 1.67. The first kappa shape index (κ1) is 14.3. The van der Waals surface area contributed by atoms with Gasteiger partial charge in [-0.2, -0.15) is 15.0 Å². The third-order valence-electron chi connectivity index (χ3n) is 2.79. The molecule has 20 heavy (non-hydrogen) atoms. The Bertz CT molecular complexity index is 510. The van der Waals surface area contributed by atoms with E-state index < -0.39 is 0 Å². The molecule has 2 aromatic rings. The second-order valence-electron chi connectivity index (χ2n) is 5.12. The van der Waals surface area contributed by atoms with Gasteiger partial charge < -0.3 is 14.6 Å². The molecule has 2 rings (SSSR count). The van der Waals surface area contributed by atoms with Gasteiger partial charge in [0.25, 0.3) is 0 Å². The Morgan fingerprint density at radius 3 is 2.65 bits per heavy atom. The molecular formula is C14H21N5O. The number of rotatable bonds is 6. The normalized spacial score (nSPS) is 10.8. The number of anilines is 2. The molecule has 0 amide bonds. The minimum Gasteiger partial charge on any atom is -0.469 e. The van der Waals surface area contributed by atoms with E-state index in [1.807, 2.05) is 31.1 Å². The van der Waals surface area contributed by atoms with Crippen molar-refractivity contribution >= 4 is 11.9 Å². The van der Waals surface area contributed by atoms with E-state index >= 15 is 0 Å². The molecule has 0 spiro atoms. The Morgan fingerprint density at radius 1 is 1.25 bits per heavy atom. The average Bonchev–Trinajstić information content (AvgIpc) is 2.91. The van der Waals surface area contributed by atoms with Crippen LogP contribution in [-0.4, -0.2) is 35.6 Å². The van der Waals surface area contributed by atoms with Crippen LogP contribution in [0.25, 0.3) is 0 Å². The quantitative estimate of drug-likeness (QED) is 0.872. The number of furan rings is 1. The second kappa shape index (κ2) is 6.36. The highest BCUT2D eigenvalue weighted by atomic mass is 16.3. The van der Waals surface area contributed by atoms with Gasteiger partial charge in [0.2, 0.25) is 11.9 Å². The zero-order valence-corrected chi connectivity index (χ0v) is 12.4. The van der Waals surface area contributed by atoms with E-state index in [1.54, 1.807) is 6.26 Å². The van der Waals surface area contributed by atoms with Crippen LogP contribution >= 0.6 is 0 Å². The van der Waals surface area contributed by atoms with Crippen LogP contribution in [0.1, 0.15) is 31.4 Å². The van der Waals surface area contributed by atoms with Gasteiger partial charge in [-0.3, -0.25) is 0 Å². The van der Waals surface area contributed by atoms with E-state index in [9.17, 15) is 0 Å². The van der Waals surface area contributed by atoms with Gasteiger partial charge in [0.15, 0.2) is 0 Å². The van der Waals surface area contributed by atoms with Gasteiger partial charge in [-0.1, -0.05) is 13.8 Å². The Balaban J connectivity index is 2.06. The lowest BCUT2D eigenvalue weighted by Gasteiger charge is -2.14. The molecule has 0 aliphatic rings. The molecular weight excluding hydrogens is 254 g/mol. The first-order chi connectivity index (χ1) is 9.56. The molecule has 0 atom stereocenters. The topological polar surface area (TPSA) is 67.1 Å². The molecule has 0 saturated heterocycles. The van der Waals surface area contributed by atoms with Gasteiger partial charge in [0.1, 0.15) is 11.6 Å². The minimum absolute atomic E-state index is 0.266. The summed E-state index contributed by atoms with van der Waals surface area (Å²) in [4.78, 5) is 15.2. The second-order valence-corrected chi connectivity index (χ2v) is 5.12. The van der Waals surface area contributed by atoms with Crippen LogP contribution in [0.3, 0.4) is 0 Å². The standard InChI is InChI=1S/C14H21N5O/c1-10(2)12-16-13(18-14(17-12)19(3)4)15-8-7-11-6-5-9-20-11/h5-6,9-10H,7-8H2,1-4H3,(H,15,16,17,18). The number of hydrogen-bond donors (Lipinski definition) is 1. The van der Waals surface area contributed by atoms with Crippen molar-refractivity contribution in [2.45, 2.75) is 26.2 Å². The molecule has 0 aliphatic carbocycles. The number of nitrogens with zero attached hydrogens (tertiary/aromatic N) is 4. The lowest BCUT2D eigenvalue weighted by molar-refractivity contribution is 0.512.